The van der Waals surface area contributed by atoms with E-state index in [1.807, 2.05) is 12.3 Å². The van der Waals surface area contributed by atoms with Crippen molar-refractivity contribution in [3.8, 4) is 0 Å². The molecule has 2 heterocycles. The minimum atomic E-state index is 0.519. The van der Waals surface area contributed by atoms with Crippen LogP contribution in [-0.2, 0) is 6.42 Å². The summed E-state index contributed by atoms with van der Waals surface area (Å²) >= 11 is 6.01. The van der Waals surface area contributed by atoms with Crippen LogP contribution in [0.25, 0.3) is 11.2 Å². The van der Waals surface area contributed by atoms with Crippen LogP contribution < -0.4 is 0 Å². The van der Waals surface area contributed by atoms with Gasteiger partial charge < -0.3 is 4.57 Å². The second-order valence-corrected chi connectivity index (χ2v) is 6.70. The SMILES string of the molecule is Cc1ccnc2c1nc(CCCl)n2C1CCCCCC1C. The number of fused-ring (bicyclic) bond motifs is 1. The zero-order valence-corrected chi connectivity index (χ0v) is 13.7. The third-order valence-corrected chi connectivity index (χ3v) is 5.01. The normalized spacial score (nSPS) is 23.4. The van der Waals surface area contributed by atoms with Gasteiger partial charge in [0.05, 0.1) is 0 Å². The van der Waals surface area contributed by atoms with Gasteiger partial charge in [0.15, 0.2) is 5.65 Å². The Bertz CT molecular complexity index is 620. The van der Waals surface area contributed by atoms with Crippen LogP contribution in [0.5, 0.6) is 0 Å². The minimum Gasteiger partial charge on any atom is -0.309 e. The second-order valence-electron chi connectivity index (χ2n) is 6.32. The fourth-order valence-corrected chi connectivity index (χ4v) is 3.79. The predicted molar refractivity (Wildman–Crippen MR) is 88.0 cm³/mol. The highest BCUT2D eigenvalue weighted by Crippen LogP contribution is 2.35. The van der Waals surface area contributed by atoms with Crippen molar-refractivity contribution in [2.45, 2.75) is 58.4 Å². The highest BCUT2D eigenvalue weighted by Gasteiger charge is 2.26. The summed E-state index contributed by atoms with van der Waals surface area (Å²) in [6.45, 7) is 4.49. The molecule has 1 fully saturated rings. The van der Waals surface area contributed by atoms with Gasteiger partial charge in [-0.15, -0.1) is 11.6 Å². The first-order chi connectivity index (χ1) is 10.2. The van der Waals surface area contributed by atoms with Crippen LogP contribution in [0, 0.1) is 12.8 Å². The molecule has 2 unspecified atom stereocenters. The smallest absolute Gasteiger partial charge is 0.160 e. The van der Waals surface area contributed by atoms with E-state index in [1.165, 1.54) is 37.7 Å². The number of alkyl halides is 1. The van der Waals surface area contributed by atoms with Crippen LogP contribution in [0.2, 0.25) is 0 Å². The van der Waals surface area contributed by atoms with Gasteiger partial charge in [0.25, 0.3) is 0 Å². The van der Waals surface area contributed by atoms with Gasteiger partial charge in [-0.05, 0) is 37.3 Å². The van der Waals surface area contributed by atoms with Gasteiger partial charge in [-0.2, -0.15) is 0 Å². The average Bonchev–Trinajstić information content (AvgIpc) is 2.69. The van der Waals surface area contributed by atoms with Crippen molar-refractivity contribution in [3.05, 3.63) is 23.7 Å². The molecule has 21 heavy (non-hydrogen) atoms. The van der Waals surface area contributed by atoms with Crippen molar-refractivity contribution >= 4 is 22.8 Å². The molecule has 0 bridgehead atoms. The first-order valence-electron chi connectivity index (χ1n) is 8.10. The molecule has 1 saturated carbocycles. The van der Waals surface area contributed by atoms with E-state index < -0.39 is 0 Å². The van der Waals surface area contributed by atoms with E-state index >= 15 is 0 Å². The van der Waals surface area contributed by atoms with E-state index in [0.717, 1.165) is 23.4 Å². The highest BCUT2D eigenvalue weighted by atomic mass is 35.5. The van der Waals surface area contributed by atoms with Crippen molar-refractivity contribution < 1.29 is 0 Å². The maximum Gasteiger partial charge on any atom is 0.160 e. The maximum atomic E-state index is 6.01. The standard InChI is InChI=1S/C17H24ClN3/c1-12-6-4-3-5-7-14(12)21-15(8-10-18)20-16-13(2)9-11-19-17(16)21/h9,11-12,14H,3-8,10H2,1-2H3. The molecule has 114 valence electrons. The van der Waals surface area contributed by atoms with Crippen molar-refractivity contribution in [1.29, 1.82) is 0 Å². The molecule has 2 aromatic heterocycles. The topological polar surface area (TPSA) is 30.7 Å². The number of rotatable bonds is 3. The summed E-state index contributed by atoms with van der Waals surface area (Å²) in [6, 6.07) is 2.56. The minimum absolute atomic E-state index is 0.519. The first-order valence-corrected chi connectivity index (χ1v) is 8.64. The number of hydrogen-bond acceptors (Lipinski definition) is 2. The van der Waals surface area contributed by atoms with Crippen LogP contribution >= 0.6 is 11.6 Å². The third-order valence-electron chi connectivity index (χ3n) is 4.82. The monoisotopic (exact) mass is 305 g/mol. The number of pyridine rings is 1. The lowest BCUT2D eigenvalue weighted by molar-refractivity contribution is 0.332. The molecule has 0 aliphatic heterocycles. The Hall–Kier alpha value is -1.09. The Kier molecular flexibility index (Phi) is 4.48. The van der Waals surface area contributed by atoms with Gasteiger partial charge in [-0.3, -0.25) is 0 Å². The fraction of sp³-hybridized carbons (Fsp3) is 0.647. The molecule has 0 spiro atoms. The van der Waals surface area contributed by atoms with Crippen molar-refractivity contribution in [2.24, 2.45) is 5.92 Å². The number of imidazole rings is 1. The summed E-state index contributed by atoms with van der Waals surface area (Å²) in [5.74, 6) is 2.41. The van der Waals surface area contributed by atoms with Crippen molar-refractivity contribution in [3.63, 3.8) is 0 Å². The average molecular weight is 306 g/mol. The summed E-state index contributed by atoms with van der Waals surface area (Å²) in [5.41, 5.74) is 3.30. The molecule has 0 saturated heterocycles. The summed E-state index contributed by atoms with van der Waals surface area (Å²) in [4.78, 5) is 9.50. The zero-order chi connectivity index (χ0) is 14.8. The molecule has 1 aliphatic carbocycles. The molecule has 3 rings (SSSR count). The number of aryl methyl sites for hydroxylation is 2. The predicted octanol–water partition coefficient (Wildman–Crippen LogP) is 4.66. The van der Waals surface area contributed by atoms with E-state index in [2.05, 4.69) is 23.4 Å². The van der Waals surface area contributed by atoms with Gasteiger partial charge in [-0.1, -0.05) is 26.2 Å². The zero-order valence-electron chi connectivity index (χ0n) is 13.0. The van der Waals surface area contributed by atoms with E-state index in [1.54, 1.807) is 0 Å². The molecule has 0 amide bonds. The molecule has 0 N–H and O–H groups in total. The van der Waals surface area contributed by atoms with Crippen LogP contribution in [0.4, 0.5) is 0 Å². The van der Waals surface area contributed by atoms with Crippen molar-refractivity contribution in [1.82, 2.24) is 14.5 Å². The molecule has 2 atom stereocenters. The first kappa shape index (κ1) is 14.8. The highest BCUT2D eigenvalue weighted by molar-refractivity contribution is 6.17. The third kappa shape index (κ3) is 2.80. The Balaban J connectivity index is 2.14. The quantitative estimate of drug-likeness (QED) is 0.610. The molecule has 2 aromatic rings. The lowest BCUT2D eigenvalue weighted by Gasteiger charge is -2.25. The van der Waals surface area contributed by atoms with E-state index in [9.17, 15) is 0 Å². The molecule has 0 radical (unpaired) electrons. The number of halogens is 1. The van der Waals surface area contributed by atoms with E-state index in [0.29, 0.717) is 17.8 Å². The van der Waals surface area contributed by atoms with E-state index in [4.69, 9.17) is 16.6 Å². The lowest BCUT2D eigenvalue weighted by atomic mass is 9.96. The largest absolute Gasteiger partial charge is 0.309 e. The van der Waals surface area contributed by atoms with Gasteiger partial charge in [0.1, 0.15) is 11.3 Å². The lowest BCUT2D eigenvalue weighted by Crippen LogP contribution is -2.19. The van der Waals surface area contributed by atoms with Crippen LogP contribution in [0.15, 0.2) is 12.3 Å². The molecular weight excluding hydrogens is 282 g/mol. The van der Waals surface area contributed by atoms with Gasteiger partial charge in [0, 0.05) is 24.5 Å². The summed E-state index contributed by atoms with van der Waals surface area (Å²) in [7, 11) is 0. The Morgan fingerprint density at radius 3 is 2.90 bits per heavy atom. The van der Waals surface area contributed by atoms with Crippen LogP contribution in [-0.4, -0.2) is 20.4 Å². The van der Waals surface area contributed by atoms with Crippen LogP contribution in [0.1, 0.15) is 56.5 Å². The summed E-state index contributed by atoms with van der Waals surface area (Å²) < 4.78 is 2.40. The van der Waals surface area contributed by atoms with Gasteiger partial charge in [-0.25, -0.2) is 9.97 Å². The molecule has 3 nitrogen and oxygen atoms in total. The molecule has 0 aromatic carbocycles. The van der Waals surface area contributed by atoms with Gasteiger partial charge in [0.2, 0.25) is 0 Å². The molecular formula is C17H24ClN3. The maximum absolute atomic E-state index is 6.01. The van der Waals surface area contributed by atoms with Crippen LogP contribution in [0.3, 0.4) is 0 Å². The Morgan fingerprint density at radius 2 is 2.10 bits per heavy atom. The second kappa shape index (κ2) is 6.35. The fourth-order valence-electron chi connectivity index (χ4n) is 3.62. The number of aromatic nitrogens is 3. The number of hydrogen-bond donors (Lipinski definition) is 0. The van der Waals surface area contributed by atoms with E-state index in [-0.39, 0.29) is 0 Å². The molecule has 4 heteroatoms. The van der Waals surface area contributed by atoms with Gasteiger partial charge >= 0.3 is 0 Å². The number of nitrogens with zero attached hydrogens (tertiary/aromatic N) is 3. The summed E-state index contributed by atoms with van der Waals surface area (Å²) in [6.07, 6.45) is 9.27. The Morgan fingerprint density at radius 1 is 1.29 bits per heavy atom. The summed E-state index contributed by atoms with van der Waals surface area (Å²) in [5, 5.41) is 0. The Labute approximate surface area is 131 Å². The molecule has 1 aliphatic rings. The van der Waals surface area contributed by atoms with Crippen molar-refractivity contribution in [2.75, 3.05) is 5.88 Å².